The van der Waals surface area contributed by atoms with Gasteiger partial charge in [0, 0.05) is 42.0 Å². The molecule has 0 spiro atoms. The monoisotopic (exact) mass is 657 g/mol. The number of likely N-dealkylation sites (tertiary alicyclic amines) is 1. The van der Waals surface area contributed by atoms with Crippen molar-refractivity contribution in [1.82, 2.24) is 13.9 Å². The largest absolute Gasteiger partial charge is 0.332 e. The van der Waals surface area contributed by atoms with E-state index in [2.05, 4.69) is 0 Å². The van der Waals surface area contributed by atoms with Crippen LogP contribution in [0.5, 0.6) is 0 Å². The van der Waals surface area contributed by atoms with Gasteiger partial charge in [0.15, 0.2) is 0 Å². The first-order chi connectivity index (χ1) is 19.5. The van der Waals surface area contributed by atoms with Crippen LogP contribution in [0.25, 0.3) is 0 Å². The van der Waals surface area contributed by atoms with Crippen LogP contribution in [0, 0.1) is 5.41 Å². The molecular weight excluding hydrogens is 621 g/mol. The first-order valence-corrected chi connectivity index (χ1v) is 18.0. The number of hydrogen-bond acceptors (Lipinski definition) is 6. The zero-order valence-corrected chi connectivity index (χ0v) is 27.2. The molecule has 1 saturated carbocycles. The SMILES string of the molecule is C[C@@H](CCN(C)S(=O)(=O)C1CC1)N1C(=O)[C@@](C)(CC(=O)NS(C)(=O)=O)C[C@H](c2cccc(Cl)c2)[C@H]1c1ccc(Cl)cc1. The van der Waals surface area contributed by atoms with E-state index < -0.39 is 43.5 Å². The molecule has 0 unspecified atom stereocenters. The molecular formula is C29H37Cl2N3O6S2. The Hall–Kier alpha value is -2.18. The Bertz CT molecular complexity index is 1550. The van der Waals surface area contributed by atoms with Crippen molar-refractivity contribution < 1.29 is 26.4 Å². The lowest BCUT2D eigenvalue weighted by Gasteiger charge is -2.51. The summed E-state index contributed by atoms with van der Waals surface area (Å²) in [5, 5.41) is 0.705. The zero-order chi connectivity index (χ0) is 31.0. The molecule has 1 heterocycles. The second-order valence-corrected chi connectivity index (χ2v) is 16.8. The Morgan fingerprint density at radius 1 is 1.07 bits per heavy atom. The molecule has 4 rings (SSSR count). The number of nitrogens with zero attached hydrogens (tertiary/aromatic N) is 2. The summed E-state index contributed by atoms with van der Waals surface area (Å²) in [7, 11) is -5.67. The van der Waals surface area contributed by atoms with Gasteiger partial charge in [0.1, 0.15) is 0 Å². The predicted molar refractivity (Wildman–Crippen MR) is 164 cm³/mol. The van der Waals surface area contributed by atoms with Crippen molar-refractivity contribution >= 4 is 55.1 Å². The van der Waals surface area contributed by atoms with Crippen molar-refractivity contribution in [3.8, 4) is 0 Å². The van der Waals surface area contributed by atoms with E-state index in [9.17, 15) is 26.4 Å². The summed E-state index contributed by atoms with van der Waals surface area (Å²) in [5.41, 5.74) is 0.423. The summed E-state index contributed by atoms with van der Waals surface area (Å²) < 4.78 is 52.6. The van der Waals surface area contributed by atoms with Crippen molar-refractivity contribution in [3.63, 3.8) is 0 Å². The summed E-state index contributed by atoms with van der Waals surface area (Å²) in [5.74, 6) is -1.41. The fraction of sp³-hybridized carbons (Fsp3) is 0.517. The summed E-state index contributed by atoms with van der Waals surface area (Å²) in [4.78, 5) is 29.1. The molecule has 230 valence electrons. The highest BCUT2D eigenvalue weighted by molar-refractivity contribution is 7.90. The first-order valence-electron chi connectivity index (χ1n) is 13.8. The maximum absolute atomic E-state index is 14.5. The minimum Gasteiger partial charge on any atom is -0.332 e. The van der Waals surface area contributed by atoms with E-state index in [0.717, 1.165) is 17.4 Å². The summed E-state index contributed by atoms with van der Waals surface area (Å²) in [6.45, 7) is 3.76. The normalized spacial score (nSPS) is 24.1. The molecule has 2 aliphatic rings. The topological polar surface area (TPSA) is 121 Å². The average Bonchev–Trinajstić information content (AvgIpc) is 3.74. The number of hydrogen-bond donors (Lipinski definition) is 1. The van der Waals surface area contributed by atoms with E-state index in [1.54, 1.807) is 37.1 Å². The average molecular weight is 659 g/mol. The van der Waals surface area contributed by atoms with Crippen LogP contribution in [0.15, 0.2) is 48.5 Å². The van der Waals surface area contributed by atoms with Crippen LogP contribution in [-0.4, -0.2) is 69.0 Å². The zero-order valence-electron chi connectivity index (χ0n) is 24.1. The molecule has 2 fully saturated rings. The molecule has 9 nitrogen and oxygen atoms in total. The third-order valence-electron chi connectivity index (χ3n) is 8.16. The molecule has 2 aromatic carbocycles. The maximum Gasteiger partial charge on any atom is 0.234 e. The molecule has 1 saturated heterocycles. The lowest BCUT2D eigenvalue weighted by molar-refractivity contribution is -0.156. The van der Waals surface area contributed by atoms with Gasteiger partial charge in [-0.15, -0.1) is 0 Å². The van der Waals surface area contributed by atoms with Gasteiger partial charge in [0.2, 0.25) is 31.9 Å². The summed E-state index contributed by atoms with van der Waals surface area (Å²) >= 11 is 12.6. The van der Waals surface area contributed by atoms with Crippen LogP contribution in [0.2, 0.25) is 10.0 Å². The Labute approximate surface area is 258 Å². The van der Waals surface area contributed by atoms with Crippen LogP contribution in [0.1, 0.15) is 69.0 Å². The van der Waals surface area contributed by atoms with E-state index in [4.69, 9.17) is 23.2 Å². The second-order valence-electron chi connectivity index (χ2n) is 11.8. The van der Waals surface area contributed by atoms with E-state index in [0.29, 0.717) is 29.3 Å². The molecule has 42 heavy (non-hydrogen) atoms. The van der Waals surface area contributed by atoms with Gasteiger partial charge < -0.3 is 4.90 Å². The Kier molecular flexibility index (Phi) is 9.69. The summed E-state index contributed by atoms with van der Waals surface area (Å²) in [6.07, 6.45) is 2.45. The number of piperidine rings is 1. The van der Waals surface area contributed by atoms with Gasteiger partial charge in [-0.1, -0.05) is 54.4 Å². The minimum atomic E-state index is -3.83. The molecule has 0 radical (unpaired) electrons. The van der Waals surface area contributed by atoms with Gasteiger partial charge in [-0.25, -0.2) is 21.1 Å². The first kappa shape index (κ1) is 32.7. The van der Waals surface area contributed by atoms with Crippen molar-refractivity contribution in [2.75, 3.05) is 19.8 Å². The van der Waals surface area contributed by atoms with Gasteiger partial charge in [-0.05, 0) is 68.0 Å². The van der Waals surface area contributed by atoms with Crippen molar-refractivity contribution in [3.05, 3.63) is 69.7 Å². The maximum atomic E-state index is 14.5. The molecule has 0 bridgehead atoms. The van der Waals surface area contributed by atoms with Crippen molar-refractivity contribution in [2.45, 2.75) is 69.2 Å². The molecule has 2 amide bonds. The van der Waals surface area contributed by atoms with Crippen LogP contribution in [0.3, 0.4) is 0 Å². The molecule has 0 aromatic heterocycles. The summed E-state index contributed by atoms with van der Waals surface area (Å²) in [6, 6.07) is 13.6. The van der Waals surface area contributed by atoms with Crippen molar-refractivity contribution in [2.24, 2.45) is 5.41 Å². The number of carbonyl (C=O) groups excluding carboxylic acids is 2. The number of nitrogens with one attached hydrogen (secondary N) is 1. The molecule has 13 heteroatoms. The van der Waals surface area contributed by atoms with E-state index in [-0.39, 0.29) is 36.5 Å². The Morgan fingerprint density at radius 2 is 1.71 bits per heavy atom. The smallest absolute Gasteiger partial charge is 0.234 e. The fourth-order valence-corrected chi connectivity index (χ4v) is 8.29. The third-order valence-corrected chi connectivity index (χ3v) is 11.6. The highest BCUT2D eigenvalue weighted by Crippen LogP contribution is 2.52. The van der Waals surface area contributed by atoms with Gasteiger partial charge in [-0.3, -0.25) is 14.3 Å². The van der Waals surface area contributed by atoms with Crippen LogP contribution >= 0.6 is 23.2 Å². The molecule has 4 atom stereocenters. The molecule has 2 aromatic rings. The predicted octanol–water partition coefficient (Wildman–Crippen LogP) is 4.73. The van der Waals surface area contributed by atoms with Gasteiger partial charge in [0.05, 0.1) is 23.0 Å². The minimum absolute atomic E-state index is 0.213. The highest BCUT2D eigenvalue weighted by atomic mass is 35.5. The molecule has 1 N–H and O–H groups in total. The van der Waals surface area contributed by atoms with Gasteiger partial charge in [-0.2, -0.15) is 0 Å². The number of amides is 2. The standard InChI is InChI=1S/C29H37Cl2N3O6S2/c1-19(14-15-33(3)42(39,40)24-12-13-24)34-27(20-8-10-22(30)11-9-20)25(21-6-5-7-23(31)16-21)17-29(2,28(34)36)18-26(35)32-41(4,37)38/h5-11,16,19,24-25,27H,12-15,17-18H2,1-4H3,(H,32,35)/t19-,25+,27+,29+/m0/s1. The fourth-order valence-electron chi connectivity index (χ4n) is 5.88. The highest BCUT2D eigenvalue weighted by Gasteiger charge is 2.52. The Morgan fingerprint density at radius 3 is 2.29 bits per heavy atom. The van der Waals surface area contributed by atoms with Gasteiger partial charge in [0.25, 0.3) is 0 Å². The number of benzene rings is 2. The van der Waals surface area contributed by atoms with Crippen molar-refractivity contribution in [1.29, 1.82) is 0 Å². The van der Waals surface area contributed by atoms with E-state index >= 15 is 0 Å². The van der Waals surface area contributed by atoms with E-state index in [1.807, 2.05) is 42.0 Å². The number of carbonyl (C=O) groups is 2. The number of sulfonamides is 2. The second kappa shape index (κ2) is 12.4. The third kappa shape index (κ3) is 7.48. The van der Waals surface area contributed by atoms with Gasteiger partial charge >= 0.3 is 0 Å². The van der Waals surface area contributed by atoms with Crippen LogP contribution in [-0.2, 0) is 29.6 Å². The number of rotatable bonds is 11. The Balaban J connectivity index is 1.77. The lowest BCUT2D eigenvalue weighted by atomic mass is 9.67. The molecule has 1 aliphatic carbocycles. The lowest BCUT2D eigenvalue weighted by Crippen LogP contribution is -2.56. The van der Waals surface area contributed by atoms with E-state index in [1.165, 1.54) is 4.31 Å². The quantitative estimate of drug-likeness (QED) is 0.373. The van der Waals surface area contributed by atoms with Crippen LogP contribution < -0.4 is 4.72 Å². The molecule has 1 aliphatic heterocycles. The van der Waals surface area contributed by atoms with Crippen LogP contribution in [0.4, 0.5) is 0 Å². The number of halogens is 2.